The second kappa shape index (κ2) is 11.8. The molecule has 0 aliphatic heterocycles. The average Bonchev–Trinajstić information content (AvgIpc) is 2.70. The predicted octanol–water partition coefficient (Wildman–Crippen LogP) is 6.37. The second-order valence-corrected chi connectivity index (χ2v) is 9.56. The number of carboxylic acid groups (broad SMARTS) is 1. The van der Waals surface area contributed by atoms with E-state index in [-0.39, 0.29) is 30.3 Å². The molecule has 28 heavy (non-hydrogen) atoms. The number of hydrogen-bond donors (Lipinski definition) is 1. The van der Waals surface area contributed by atoms with Gasteiger partial charge in [0.2, 0.25) is 0 Å². The lowest BCUT2D eigenvalue weighted by atomic mass is 9.63. The average molecular weight is 395 g/mol. The lowest BCUT2D eigenvalue weighted by Gasteiger charge is -2.43. The van der Waals surface area contributed by atoms with Gasteiger partial charge in [-0.3, -0.25) is 9.59 Å². The van der Waals surface area contributed by atoms with Crippen LogP contribution in [0.2, 0.25) is 0 Å². The molecule has 2 atom stereocenters. The third-order valence-electron chi connectivity index (χ3n) is 7.59. The highest BCUT2D eigenvalue weighted by Crippen LogP contribution is 2.47. The highest BCUT2D eigenvalue weighted by atomic mass is 16.5. The van der Waals surface area contributed by atoms with Crippen LogP contribution in [-0.4, -0.2) is 23.7 Å². The van der Waals surface area contributed by atoms with Crippen LogP contribution in [0, 0.1) is 23.2 Å². The van der Waals surface area contributed by atoms with E-state index in [9.17, 15) is 14.7 Å². The molecular formula is C24H42O4. The van der Waals surface area contributed by atoms with Crippen LogP contribution >= 0.6 is 0 Å². The van der Waals surface area contributed by atoms with Gasteiger partial charge in [0.1, 0.15) is 0 Å². The van der Waals surface area contributed by atoms with Crippen molar-refractivity contribution in [3.05, 3.63) is 0 Å². The van der Waals surface area contributed by atoms with Gasteiger partial charge in [-0.25, -0.2) is 0 Å². The summed E-state index contributed by atoms with van der Waals surface area (Å²) in [6, 6.07) is 0. The highest BCUT2D eigenvalue weighted by molar-refractivity contribution is 5.69. The summed E-state index contributed by atoms with van der Waals surface area (Å²) in [4.78, 5) is 23.9. The van der Waals surface area contributed by atoms with Gasteiger partial charge in [0.15, 0.2) is 0 Å². The lowest BCUT2D eigenvalue weighted by Crippen LogP contribution is -2.37. The van der Waals surface area contributed by atoms with Gasteiger partial charge in [-0.2, -0.15) is 0 Å². The van der Waals surface area contributed by atoms with Crippen molar-refractivity contribution >= 4 is 11.9 Å². The summed E-state index contributed by atoms with van der Waals surface area (Å²) in [7, 11) is 0. The molecule has 2 fully saturated rings. The van der Waals surface area contributed by atoms with Gasteiger partial charge in [-0.15, -0.1) is 0 Å². The van der Waals surface area contributed by atoms with E-state index in [0.717, 1.165) is 38.0 Å². The summed E-state index contributed by atoms with van der Waals surface area (Å²) < 4.78 is 5.67. The van der Waals surface area contributed by atoms with E-state index in [4.69, 9.17) is 4.74 Å². The largest absolute Gasteiger partial charge is 0.481 e. The predicted molar refractivity (Wildman–Crippen MR) is 112 cm³/mol. The van der Waals surface area contributed by atoms with Crippen LogP contribution in [0.25, 0.3) is 0 Å². The Bertz CT molecular complexity index is 469. The molecule has 0 bridgehead atoms. The van der Waals surface area contributed by atoms with E-state index in [1.165, 1.54) is 51.4 Å². The zero-order valence-electron chi connectivity index (χ0n) is 18.2. The van der Waals surface area contributed by atoms with Crippen molar-refractivity contribution in [2.24, 2.45) is 23.2 Å². The second-order valence-electron chi connectivity index (χ2n) is 9.56. The van der Waals surface area contributed by atoms with Crippen LogP contribution in [0.5, 0.6) is 0 Å². The molecule has 2 unspecified atom stereocenters. The number of esters is 1. The van der Waals surface area contributed by atoms with E-state index in [1.807, 2.05) is 0 Å². The Labute approximate surface area is 171 Å². The van der Waals surface area contributed by atoms with Crippen molar-refractivity contribution < 1.29 is 19.4 Å². The molecule has 1 N–H and O–H groups in total. The molecule has 2 aliphatic rings. The Morgan fingerprint density at radius 3 is 2.32 bits per heavy atom. The van der Waals surface area contributed by atoms with Crippen molar-refractivity contribution in [2.75, 3.05) is 6.61 Å². The van der Waals surface area contributed by atoms with Gasteiger partial charge in [0.25, 0.3) is 0 Å². The zero-order valence-corrected chi connectivity index (χ0v) is 18.2. The standard InChI is InChI=1S/C24H42O4/c1-3-14-24(15-8-5-9-16-24)21(17-22(25)26)18-28-23(27)13-12-19(2)20-10-6-4-7-11-20/h19-21H,3-18H2,1-2H3,(H,25,26). The molecule has 162 valence electrons. The van der Waals surface area contributed by atoms with Gasteiger partial charge in [-0.05, 0) is 42.9 Å². The topological polar surface area (TPSA) is 63.6 Å². The normalized spacial score (nSPS) is 22.4. The Morgan fingerprint density at radius 2 is 1.71 bits per heavy atom. The molecule has 0 aromatic rings. The number of rotatable bonds is 11. The van der Waals surface area contributed by atoms with E-state index >= 15 is 0 Å². The number of aliphatic carboxylic acids is 1. The van der Waals surface area contributed by atoms with Gasteiger partial charge in [0.05, 0.1) is 13.0 Å². The first-order valence-electron chi connectivity index (χ1n) is 11.8. The highest BCUT2D eigenvalue weighted by Gasteiger charge is 2.40. The fraction of sp³-hybridized carbons (Fsp3) is 0.917. The molecule has 0 aromatic carbocycles. The van der Waals surface area contributed by atoms with Crippen LogP contribution in [-0.2, 0) is 14.3 Å². The van der Waals surface area contributed by atoms with E-state index in [0.29, 0.717) is 12.3 Å². The number of ether oxygens (including phenoxy) is 1. The molecule has 2 saturated carbocycles. The third kappa shape index (κ3) is 7.08. The lowest BCUT2D eigenvalue weighted by molar-refractivity contribution is -0.151. The van der Waals surface area contributed by atoms with Crippen molar-refractivity contribution in [2.45, 2.75) is 110 Å². The summed E-state index contributed by atoms with van der Waals surface area (Å²) in [5, 5.41) is 9.44. The van der Waals surface area contributed by atoms with Crippen molar-refractivity contribution in [1.82, 2.24) is 0 Å². The first-order chi connectivity index (χ1) is 13.5. The maximum absolute atomic E-state index is 12.4. The summed E-state index contributed by atoms with van der Waals surface area (Å²) in [6.45, 7) is 4.73. The van der Waals surface area contributed by atoms with Crippen LogP contribution in [0.1, 0.15) is 110 Å². The van der Waals surface area contributed by atoms with Gasteiger partial charge >= 0.3 is 11.9 Å². The van der Waals surface area contributed by atoms with Crippen molar-refractivity contribution in [3.63, 3.8) is 0 Å². The molecule has 0 spiro atoms. The Hall–Kier alpha value is -1.06. The first-order valence-corrected chi connectivity index (χ1v) is 11.8. The van der Waals surface area contributed by atoms with Crippen molar-refractivity contribution in [3.8, 4) is 0 Å². The molecule has 0 heterocycles. The monoisotopic (exact) mass is 394 g/mol. The Balaban J connectivity index is 1.85. The van der Waals surface area contributed by atoms with Crippen molar-refractivity contribution in [1.29, 1.82) is 0 Å². The first kappa shape index (κ1) is 23.2. The fourth-order valence-electron chi connectivity index (χ4n) is 5.83. The Morgan fingerprint density at radius 1 is 1.07 bits per heavy atom. The molecule has 0 saturated heterocycles. The van der Waals surface area contributed by atoms with Gasteiger partial charge < -0.3 is 9.84 Å². The fourth-order valence-corrected chi connectivity index (χ4v) is 5.83. The smallest absolute Gasteiger partial charge is 0.305 e. The number of carbonyl (C=O) groups is 2. The summed E-state index contributed by atoms with van der Waals surface area (Å²) in [5.41, 5.74) is 0.0427. The van der Waals surface area contributed by atoms with Crippen LogP contribution < -0.4 is 0 Å². The number of carbonyl (C=O) groups excluding carboxylic acids is 1. The maximum Gasteiger partial charge on any atom is 0.305 e. The third-order valence-corrected chi connectivity index (χ3v) is 7.59. The number of hydrogen-bond acceptors (Lipinski definition) is 3. The molecular weight excluding hydrogens is 352 g/mol. The van der Waals surface area contributed by atoms with Gasteiger partial charge in [0, 0.05) is 12.3 Å². The summed E-state index contributed by atoms with van der Waals surface area (Å²) in [5.74, 6) is 0.377. The van der Waals surface area contributed by atoms with E-state index in [2.05, 4.69) is 13.8 Å². The van der Waals surface area contributed by atoms with Crippen LogP contribution in [0.3, 0.4) is 0 Å². The SMILES string of the molecule is CCCC1(C(COC(=O)CCC(C)C2CCCCC2)CC(=O)O)CCCCC1. The summed E-state index contributed by atoms with van der Waals surface area (Å²) in [6.07, 6.45) is 15.9. The van der Waals surface area contributed by atoms with E-state index in [1.54, 1.807) is 0 Å². The summed E-state index contributed by atoms with van der Waals surface area (Å²) >= 11 is 0. The molecule has 0 aromatic heterocycles. The minimum absolute atomic E-state index is 0.0427. The minimum atomic E-state index is -0.770. The molecule has 4 nitrogen and oxygen atoms in total. The molecule has 0 amide bonds. The van der Waals surface area contributed by atoms with Gasteiger partial charge in [-0.1, -0.05) is 71.6 Å². The van der Waals surface area contributed by atoms with E-state index < -0.39 is 5.97 Å². The molecule has 2 rings (SSSR count). The molecule has 0 radical (unpaired) electrons. The molecule has 4 heteroatoms. The zero-order chi connectivity index (χ0) is 20.4. The molecule has 2 aliphatic carbocycles. The maximum atomic E-state index is 12.4. The van der Waals surface area contributed by atoms with Crippen LogP contribution in [0.4, 0.5) is 0 Å². The Kier molecular flexibility index (Phi) is 9.81. The quantitative estimate of drug-likeness (QED) is 0.414. The number of carboxylic acids is 1. The van der Waals surface area contributed by atoms with Crippen LogP contribution in [0.15, 0.2) is 0 Å². The minimum Gasteiger partial charge on any atom is -0.481 e.